The van der Waals surface area contributed by atoms with E-state index in [-0.39, 0.29) is 5.91 Å². The second kappa shape index (κ2) is 5.66. The van der Waals surface area contributed by atoms with Crippen LogP contribution in [0.4, 0.5) is 0 Å². The van der Waals surface area contributed by atoms with Gasteiger partial charge < -0.3 is 9.64 Å². The van der Waals surface area contributed by atoms with E-state index in [0.29, 0.717) is 5.75 Å². The molecule has 1 unspecified atom stereocenters. The first-order valence-corrected chi connectivity index (χ1v) is 6.13. The average Bonchev–Trinajstić information content (AvgIpc) is 2.40. The van der Waals surface area contributed by atoms with Crippen LogP contribution in [0.1, 0.15) is 26.2 Å². The number of rotatable bonds is 3. The fraction of sp³-hybridized carbons (Fsp3) is 0.538. The molecule has 0 aromatic carbocycles. The van der Waals surface area contributed by atoms with E-state index in [1.807, 2.05) is 11.0 Å². The van der Waals surface area contributed by atoms with Crippen LogP contribution in [0.5, 0.6) is 5.75 Å². The van der Waals surface area contributed by atoms with Crippen LogP contribution in [0.2, 0.25) is 0 Å². The minimum absolute atomic E-state index is 0.0774. The van der Waals surface area contributed by atoms with Gasteiger partial charge in [-0.1, -0.05) is 0 Å². The zero-order chi connectivity index (χ0) is 12.1. The predicted molar refractivity (Wildman–Crippen MR) is 64.8 cm³/mol. The topological polar surface area (TPSA) is 42.4 Å². The van der Waals surface area contributed by atoms with Gasteiger partial charge in [-0.3, -0.25) is 9.78 Å². The maximum Gasteiger partial charge on any atom is 0.263 e. The quantitative estimate of drug-likeness (QED) is 0.801. The van der Waals surface area contributed by atoms with Gasteiger partial charge in [-0.05, 0) is 38.3 Å². The predicted octanol–water partition coefficient (Wildman–Crippen LogP) is 1.86. The molecule has 0 N–H and O–H groups in total. The van der Waals surface area contributed by atoms with Gasteiger partial charge in [0.2, 0.25) is 0 Å². The van der Waals surface area contributed by atoms with Crippen molar-refractivity contribution >= 4 is 5.91 Å². The van der Waals surface area contributed by atoms with Crippen molar-refractivity contribution in [1.29, 1.82) is 0 Å². The molecule has 2 heterocycles. The number of pyridine rings is 1. The normalized spacial score (nSPS) is 17.6. The third kappa shape index (κ3) is 3.19. The molecule has 1 fully saturated rings. The first-order valence-electron chi connectivity index (χ1n) is 6.13. The van der Waals surface area contributed by atoms with Crippen molar-refractivity contribution < 1.29 is 9.53 Å². The molecule has 1 aromatic heterocycles. The minimum atomic E-state index is -0.433. The highest BCUT2D eigenvalue weighted by Crippen LogP contribution is 2.14. The number of hydrogen-bond acceptors (Lipinski definition) is 3. The first kappa shape index (κ1) is 11.9. The maximum atomic E-state index is 12.1. The summed E-state index contributed by atoms with van der Waals surface area (Å²) in [5.41, 5.74) is 0. The molecule has 2 rings (SSSR count). The lowest BCUT2D eigenvalue weighted by atomic mass is 10.1. The third-order valence-electron chi connectivity index (χ3n) is 2.96. The SMILES string of the molecule is CC(Oc1cccnc1)C(=O)N1CCCCC1. The van der Waals surface area contributed by atoms with Gasteiger partial charge in [0.25, 0.3) is 5.91 Å². The number of carbonyl (C=O) groups excluding carboxylic acids is 1. The molecule has 1 aliphatic heterocycles. The molecular formula is C13H18N2O2. The van der Waals surface area contributed by atoms with E-state index < -0.39 is 6.10 Å². The molecule has 0 aliphatic carbocycles. The van der Waals surface area contributed by atoms with Crippen LogP contribution >= 0.6 is 0 Å². The Bertz CT molecular complexity index is 361. The molecule has 4 heteroatoms. The number of nitrogens with zero attached hydrogens (tertiary/aromatic N) is 2. The molecule has 1 atom stereocenters. The van der Waals surface area contributed by atoms with Crippen LogP contribution in [0.25, 0.3) is 0 Å². The van der Waals surface area contributed by atoms with E-state index >= 15 is 0 Å². The van der Waals surface area contributed by atoms with Crippen LogP contribution < -0.4 is 4.74 Å². The molecule has 1 saturated heterocycles. The Morgan fingerprint density at radius 2 is 2.18 bits per heavy atom. The Balaban J connectivity index is 1.90. The summed E-state index contributed by atoms with van der Waals surface area (Å²) in [6, 6.07) is 3.61. The van der Waals surface area contributed by atoms with Crippen LogP contribution in [0.15, 0.2) is 24.5 Å². The zero-order valence-corrected chi connectivity index (χ0v) is 10.1. The molecule has 1 aliphatic rings. The van der Waals surface area contributed by atoms with Gasteiger partial charge in [0, 0.05) is 19.3 Å². The van der Waals surface area contributed by atoms with Gasteiger partial charge in [-0.15, -0.1) is 0 Å². The smallest absolute Gasteiger partial charge is 0.263 e. The lowest BCUT2D eigenvalue weighted by Gasteiger charge is -2.29. The second-order valence-corrected chi connectivity index (χ2v) is 4.33. The van der Waals surface area contributed by atoms with Crippen LogP contribution in [-0.2, 0) is 4.79 Å². The molecule has 17 heavy (non-hydrogen) atoms. The Morgan fingerprint density at radius 3 is 2.82 bits per heavy atom. The number of ether oxygens (including phenoxy) is 1. The summed E-state index contributed by atoms with van der Waals surface area (Å²) in [6.07, 6.45) is 6.31. The highest BCUT2D eigenvalue weighted by atomic mass is 16.5. The summed E-state index contributed by atoms with van der Waals surface area (Å²) in [4.78, 5) is 17.9. The van der Waals surface area contributed by atoms with E-state index in [0.717, 1.165) is 25.9 Å². The zero-order valence-electron chi connectivity index (χ0n) is 10.1. The molecule has 92 valence electrons. The summed E-state index contributed by atoms with van der Waals surface area (Å²) in [5.74, 6) is 0.721. The lowest BCUT2D eigenvalue weighted by Crippen LogP contribution is -2.43. The molecule has 0 spiro atoms. The summed E-state index contributed by atoms with van der Waals surface area (Å²) in [6.45, 7) is 3.52. The Kier molecular flexibility index (Phi) is 3.96. The molecule has 0 bridgehead atoms. The number of hydrogen-bond donors (Lipinski definition) is 0. The van der Waals surface area contributed by atoms with Crippen molar-refractivity contribution in [2.45, 2.75) is 32.3 Å². The number of likely N-dealkylation sites (tertiary alicyclic amines) is 1. The highest BCUT2D eigenvalue weighted by Gasteiger charge is 2.23. The Hall–Kier alpha value is -1.58. The van der Waals surface area contributed by atoms with Gasteiger partial charge in [0.05, 0.1) is 6.20 Å². The van der Waals surface area contributed by atoms with Gasteiger partial charge in [-0.25, -0.2) is 0 Å². The van der Waals surface area contributed by atoms with Crippen molar-refractivity contribution in [3.05, 3.63) is 24.5 Å². The standard InChI is InChI=1S/C13H18N2O2/c1-11(17-12-6-5-7-14-10-12)13(16)15-8-3-2-4-9-15/h5-7,10-11H,2-4,8-9H2,1H3. The molecule has 1 amide bonds. The van der Waals surface area contributed by atoms with E-state index in [2.05, 4.69) is 4.98 Å². The van der Waals surface area contributed by atoms with E-state index in [1.165, 1.54) is 6.42 Å². The molecule has 4 nitrogen and oxygen atoms in total. The van der Waals surface area contributed by atoms with Gasteiger partial charge in [-0.2, -0.15) is 0 Å². The van der Waals surface area contributed by atoms with E-state index in [4.69, 9.17) is 4.74 Å². The number of aromatic nitrogens is 1. The summed E-state index contributed by atoms with van der Waals surface area (Å²) in [7, 11) is 0. The molecular weight excluding hydrogens is 216 g/mol. The van der Waals surface area contributed by atoms with E-state index in [1.54, 1.807) is 25.4 Å². The van der Waals surface area contributed by atoms with Crippen molar-refractivity contribution in [3.8, 4) is 5.75 Å². The van der Waals surface area contributed by atoms with Crippen LogP contribution in [0, 0.1) is 0 Å². The van der Waals surface area contributed by atoms with E-state index in [9.17, 15) is 4.79 Å². The van der Waals surface area contributed by atoms with Gasteiger partial charge in [0.15, 0.2) is 6.10 Å². The van der Waals surface area contributed by atoms with Crippen molar-refractivity contribution in [2.75, 3.05) is 13.1 Å². The Labute approximate surface area is 102 Å². The Morgan fingerprint density at radius 1 is 1.41 bits per heavy atom. The minimum Gasteiger partial charge on any atom is -0.479 e. The largest absolute Gasteiger partial charge is 0.479 e. The van der Waals surface area contributed by atoms with Gasteiger partial charge >= 0.3 is 0 Å². The summed E-state index contributed by atoms with van der Waals surface area (Å²) >= 11 is 0. The summed E-state index contributed by atoms with van der Waals surface area (Å²) < 4.78 is 5.58. The van der Waals surface area contributed by atoms with Crippen molar-refractivity contribution in [1.82, 2.24) is 9.88 Å². The van der Waals surface area contributed by atoms with Crippen molar-refractivity contribution in [3.63, 3.8) is 0 Å². The second-order valence-electron chi connectivity index (χ2n) is 4.33. The molecule has 1 aromatic rings. The monoisotopic (exact) mass is 234 g/mol. The molecule has 0 radical (unpaired) electrons. The number of amides is 1. The first-order chi connectivity index (χ1) is 8.27. The van der Waals surface area contributed by atoms with Crippen molar-refractivity contribution in [2.24, 2.45) is 0 Å². The summed E-state index contributed by atoms with van der Waals surface area (Å²) in [5, 5.41) is 0. The fourth-order valence-electron chi connectivity index (χ4n) is 2.04. The maximum absolute atomic E-state index is 12.1. The average molecular weight is 234 g/mol. The number of piperidine rings is 1. The lowest BCUT2D eigenvalue weighted by molar-refractivity contribution is -0.138. The van der Waals surface area contributed by atoms with Crippen LogP contribution in [-0.4, -0.2) is 35.0 Å². The fourth-order valence-corrected chi connectivity index (χ4v) is 2.04. The molecule has 0 saturated carbocycles. The third-order valence-corrected chi connectivity index (χ3v) is 2.96. The number of carbonyl (C=O) groups is 1. The highest BCUT2D eigenvalue weighted by molar-refractivity contribution is 5.80. The van der Waals surface area contributed by atoms with Gasteiger partial charge in [0.1, 0.15) is 5.75 Å². The van der Waals surface area contributed by atoms with Crippen LogP contribution in [0.3, 0.4) is 0 Å².